The topological polar surface area (TPSA) is 63.1 Å². The van der Waals surface area contributed by atoms with Gasteiger partial charge in [0.15, 0.2) is 0 Å². The maximum Gasteiger partial charge on any atom is 0.225 e. The lowest BCUT2D eigenvalue weighted by Crippen LogP contribution is -2.41. The summed E-state index contributed by atoms with van der Waals surface area (Å²) in [5.41, 5.74) is 3.18. The van der Waals surface area contributed by atoms with Crippen molar-refractivity contribution < 1.29 is 4.79 Å². The number of aryl methyl sites for hydroxylation is 2. The number of amides is 1. The van der Waals surface area contributed by atoms with E-state index in [2.05, 4.69) is 49.1 Å². The number of rotatable bonds is 5. The van der Waals surface area contributed by atoms with Crippen molar-refractivity contribution in [2.45, 2.75) is 33.2 Å². The predicted octanol–water partition coefficient (Wildman–Crippen LogP) is 3.08. The van der Waals surface area contributed by atoms with E-state index >= 15 is 0 Å². The number of nitrogens with zero attached hydrogens (tertiary/aromatic N) is 4. The van der Waals surface area contributed by atoms with E-state index in [9.17, 15) is 4.79 Å². The van der Waals surface area contributed by atoms with E-state index in [1.807, 2.05) is 32.0 Å². The van der Waals surface area contributed by atoms with Crippen LogP contribution in [0.2, 0.25) is 0 Å². The second-order valence-corrected chi connectivity index (χ2v) is 7.57. The minimum Gasteiger partial charge on any atom is -0.354 e. The zero-order chi connectivity index (χ0) is 19.5. The smallest absolute Gasteiger partial charge is 0.225 e. The van der Waals surface area contributed by atoms with E-state index in [1.54, 1.807) is 0 Å². The van der Waals surface area contributed by atoms with Crippen molar-refractivity contribution >= 4 is 22.8 Å². The van der Waals surface area contributed by atoms with Crippen LogP contribution in [0.15, 0.2) is 42.6 Å². The van der Waals surface area contributed by atoms with Gasteiger partial charge in [-0.2, -0.15) is 0 Å². The Hall–Kier alpha value is -2.89. The second kappa shape index (κ2) is 8.00. The number of hydrogen-bond donors (Lipinski definition) is 1. The summed E-state index contributed by atoms with van der Waals surface area (Å²) < 4.78 is 2.19. The number of nitrogens with one attached hydrogen (secondary N) is 1. The number of piperidine rings is 1. The van der Waals surface area contributed by atoms with Gasteiger partial charge in [0, 0.05) is 55.2 Å². The molecular formula is C22H27N5O. The van der Waals surface area contributed by atoms with Crippen LogP contribution >= 0.6 is 0 Å². The molecule has 1 saturated heterocycles. The summed E-state index contributed by atoms with van der Waals surface area (Å²) in [6.45, 7) is 7.07. The molecular weight excluding hydrogens is 350 g/mol. The Morgan fingerprint density at radius 3 is 2.57 bits per heavy atom. The first kappa shape index (κ1) is 18.5. The first-order chi connectivity index (χ1) is 13.6. The summed E-state index contributed by atoms with van der Waals surface area (Å²) in [5.74, 6) is 1.02. The molecule has 1 amide bonds. The Morgan fingerprint density at radius 2 is 1.82 bits per heavy atom. The summed E-state index contributed by atoms with van der Waals surface area (Å²) in [7, 11) is 0. The van der Waals surface area contributed by atoms with Crippen LogP contribution in [0, 0.1) is 19.8 Å². The number of fused-ring (bicyclic) bond motifs is 1. The third-order valence-corrected chi connectivity index (χ3v) is 5.45. The Kier molecular flexibility index (Phi) is 5.28. The number of anilines is 1. The normalized spacial score (nSPS) is 15.1. The van der Waals surface area contributed by atoms with Crippen LogP contribution in [0.25, 0.3) is 10.9 Å². The van der Waals surface area contributed by atoms with Gasteiger partial charge in [-0.25, -0.2) is 9.97 Å². The van der Waals surface area contributed by atoms with Gasteiger partial charge in [-0.15, -0.1) is 0 Å². The van der Waals surface area contributed by atoms with Gasteiger partial charge in [0.25, 0.3) is 0 Å². The van der Waals surface area contributed by atoms with Crippen molar-refractivity contribution in [1.82, 2.24) is 19.9 Å². The lowest BCUT2D eigenvalue weighted by molar-refractivity contribution is -0.125. The molecule has 1 aliphatic heterocycles. The monoisotopic (exact) mass is 377 g/mol. The summed E-state index contributed by atoms with van der Waals surface area (Å²) >= 11 is 0. The fourth-order valence-corrected chi connectivity index (χ4v) is 3.97. The van der Waals surface area contributed by atoms with Crippen LogP contribution in [-0.4, -0.2) is 40.1 Å². The second-order valence-electron chi connectivity index (χ2n) is 7.57. The molecule has 146 valence electrons. The lowest BCUT2D eigenvalue weighted by Gasteiger charge is -2.31. The van der Waals surface area contributed by atoms with Crippen molar-refractivity contribution in [2.24, 2.45) is 5.92 Å². The lowest BCUT2D eigenvalue weighted by atomic mass is 9.96. The molecule has 3 heterocycles. The van der Waals surface area contributed by atoms with E-state index in [4.69, 9.17) is 0 Å². The number of hydrogen-bond acceptors (Lipinski definition) is 4. The van der Waals surface area contributed by atoms with Crippen LogP contribution in [0.4, 0.5) is 5.95 Å². The molecule has 2 aromatic heterocycles. The third kappa shape index (κ3) is 4.01. The molecule has 0 unspecified atom stereocenters. The summed E-state index contributed by atoms with van der Waals surface area (Å²) in [6, 6.07) is 12.4. The number of carbonyl (C=O) groups is 1. The fraction of sp³-hybridized carbons (Fsp3) is 0.409. The van der Waals surface area contributed by atoms with Gasteiger partial charge < -0.3 is 14.8 Å². The highest BCUT2D eigenvalue weighted by Crippen LogP contribution is 2.21. The highest BCUT2D eigenvalue weighted by molar-refractivity contribution is 5.80. The van der Waals surface area contributed by atoms with Gasteiger partial charge in [0.2, 0.25) is 11.9 Å². The van der Waals surface area contributed by atoms with Gasteiger partial charge in [-0.1, -0.05) is 18.2 Å². The minimum absolute atomic E-state index is 0.0727. The maximum absolute atomic E-state index is 12.6. The van der Waals surface area contributed by atoms with Crippen LogP contribution in [0.1, 0.15) is 24.2 Å². The number of benzene rings is 1. The molecule has 6 nitrogen and oxygen atoms in total. The molecule has 1 aromatic carbocycles. The zero-order valence-corrected chi connectivity index (χ0v) is 16.6. The average molecular weight is 377 g/mol. The van der Waals surface area contributed by atoms with Gasteiger partial charge in [0.1, 0.15) is 0 Å². The molecule has 6 heteroatoms. The van der Waals surface area contributed by atoms with Crippen molar-refractivity contribution in [3.8, 4) is 0 Å². The largest absolute Gasteiger partial charge is 0.354 e. The molecule has 0 radical (unpaired) electrons. The Labute approximate surface area is 165 Å². The summed E-state index contributed by atoms with van der Waals surface area (Å²) in [6.07, 6.45) is 3.77. The van der Waals surface area contributed by atoms with Crippen LogP contribution in [0.5, 0.6) is 0 Å². The predicted molar refractivity (Wildman–Crippen MR) is 111 cm³/mol. The number of aromatic nitrogens is 3. The number of carbonyl (C=O) groups excluding carboxylic acids is 1. The van der Waals surface area contributed by atoms with E-state index in [0.717, 1.165) is 49.8 Å². The molecule has 1 aliphatic rings. The van der Waals surface area contributed by atoms with Crippen molar-refractivity contribution in [1.29, 1.82) is 0 Å². The van der Waals surface area contributed by atoms with E-state index in [-0.39, 0.29) is 11.8 Å². The number of para-hydroxylation sites is 1. The van der Waals surface area contributed by atoms with Gasteiger partial charge >= 0.3 is 0 Å². The highest BCUT2D eigenvalue weighted by atomic mass is 16.1. The molecule has 0 bridgehead atoms. The van der Waals surface area contributed by atoms with E-state index < -0.39 is 0 Å². The average Bonchev–Trinajstić information content (AvgIpc) is 3.10. The Morgan fingerprint density at radius 1 is 1.11 bits per heavy atom. The summed E-state index contributed by atoms with van der Waals surface area (Å²) in [5, 5.41) is 4.35. The van der Waals surface area contributed by atoms with Crippen molar-refractivity contribution in [3.05, 3.63) is 54.0 Å². The molecule has 3 aromatic rings. The first-order valence-corrected chi connectivity index (χ1v) is 9.99. The van der Waals surface area contributed by atoms with Crippen molar-refractivity contribution in [3.63, 3.8) is 0 Å². The molecule has 4 rings (SSSR count). The molecule has 1 fully saturated rings. The Bertz CT molecular complexity index is 952. The molecule has 0 aliphatic carbocycles. The highest BCUT2D eigenvalue weighted by Gasteiger charge is 2.26. The molecule has 1 N–H and O–H groups in total. The van der Waals surface area contributed by atoms with E-state index in [0.29, 0.717) is 6.54 Å². The summed E-state index contributed by atoms with van der Waals surface area (Å²) in [4.78, 5) is 23.8. The van der Waals surface area contributed by atoms with Gasteiger partial charge in [-0.05, 0) is 50.3 Å². The van der Waals surface area contributed by atoms with Crippen LogP contribution < -0.4 is 10.2 Å². The van der Waals surface area contributed by atoms with Crippen LogP contribution in [0.3, 0.4) is 0 Å². The Balaban J connectivity index is 1.27. The molecule has 28 heavy (non-hydrogen) atoms. The molecule has 0 saturated carbocycles. The maximum atomic E-state index is 12.6. The van der Waals surface area contributed by atoms with Gasteiger partial charge in [-0.3, -0.25) is 4.79 Å². The first-order valence-electron chi connectivity index (χ1n) is 9.99. The third-order valence-electron chi connectivity index (χ3n) is 5.45. The van der Waals surface area contributed by atoms with Crippen molar-refractivity contribution in [2.75, 3.05) is 24.5 Å². The SMILES string of the molecule is Cc1cc(C)nc(N2CCC(C(=O)NCCn3ccc4ccccc43)CC2)n1. The van der Waals surface area contributed by atoms with E-state index in [1.165, 1.54) is 10.9 Å². The zero-order valence-electron chi connectivity index (χ0n) is 16.6. The minimum atomic E-state index is 0.0727. The van der Waals surface area contributed by atoms with Gasteiger partial charge in [0.05, 0.1) is 0 Å². The molecule has 0 atom stereocenters. The standard InChI is InChI=1S/C22H27N5O/c1-16-15-17(2)25-22(24-16)27-12-8-19(9-13-27)21(28)23-10-14-26-11-7-18-5-3-4-6-20(18)26/h3-7,11,15,19H,8-10,12-14H2,1-2H3,(H,23,28). The molecule has 0 spiro atoms. The fourth-order valence-electron chi connectivity index (χ4n) is 3.97. The van der Waals surface area contributed by atoms with Crippen LogP contribution in [-0.2, 0) is 11.3 Å². The quantitative estimate of drug-likeness (QED) is 0.742.